The Morgan fingerprint density at radius 2 is 1.62 bits per heavy atom. The van der Waals surface area contributed by atoms with Crippen LogP contribution in [0.5, 0.6) is 0 Å². The number of carbonyl (C=O) groups is 4. The van der Waals surface area contributed by atoms with Crippen molar-refractivity contribution in [3.8, 4) is 0 Å². The molecule has 0 atom stereocenters. The van der Waals surface area contributed by atoms with Crippen molar-refractivity contribution in [3.63, 3.8) is 0 Å². The summed E-state index contributed by atoms with van der Waals surface area (Å²) in [6.07, 6.45) is 0.476. The first-order chi connectivity index (χ1) is 5.99. The lowest BCUT2D eigenvalue weighted by Gasteiger charge is -1.95. The number of carbonyl (C=O) groups excluding carboxylic acids is 4. The predicted molar refractivity (Wildman–Crippen MR) is 45.2 cm³/mol. The van der Waals surface area contributed by atoms with E-state index in [1.165, 1.54) is 0 Å². The minimum absolute atomic E-state index is 0.275. The quantitative estimate of drug-likeness (QED) is 0.444. The maximum Gasteiger partial charge on any atom is 0.264 e. The number of hydrogen-bond donors (Lipinski definition) is 0. The average molecular weight is 184 g/mol. The van der Waals surface area contributed by atoms with Gasteiger partial charge in [-0.05, 0) is 6.42 Å². The van der Waals surface area contributed by atoms with Crippen molar-refractivity contribution in [1.82, 2.24) is 0 Å². The first-order valence-corrected chi connectivity index (χ1v) is 4.08. The molecule has 4 nitrogen and oxygen atoms in total. The molecule has 0 aromatic carbocycles. The Morgan fingerprint density at radius 1 is 1.08 bits per heavy atom. The lowest BCUT2D eigenvalue weighted by Crippen LogP contribution is -2.23. The number of Topliss-reactive ketones (excluding diaryl/α,β-unsaturated/α-hetero) is 4. The molecule has 0 amide bonds. The maximum absolute atomic E-state index is 10.9. The van der Waals surface area contributed by atoms with Gasteiger partial charge in [0.05, 0.1) is 6.42 Å². The molecule has 0 heterocycles. The van der Waals surface area contributed by atoms with Gasteiger partial charge >= 0.3 is 0 Å². The molecule has 0 bridgehead atoms. The normalized spacial score (nSPS) is 9.38. The van der Waals surface area contributed by atoms with Crippen molar-refractivity contribution in [2.45, 2.75) is 33.1 Å². The van der Waals surface area contributed by atoms with E-state index in [9.17, 15) is 19.2 Å². The van der Waals surface area contributed by atoms with Crippen LogP contribution < -0.4 is 0 Å². The Bertz CT molecular complexity index is 252. The van der Waals surface area contributed by atoms with Gasteiger partial charge < -0.3 is 0 Å². The minimum atomic E-state index is -1.08. The van der Waals surface area contributed by atoms with Gasteiger partial charge in [-0.2, -0.15) is 0 Å². The lowest BCUT2D eigenvalue weighted by atomic mass is 10.1. The van der Waals surface area contributed by atoms with Crippen LogP contribution in [0.4, 0.5) is 0 Å². The third kappa shape index (κ3) is 4.30. The summed E-state index contributed by atoms with van der Waals surface area (Å²) in [5, 5.41) is 0. The van der Waals surface area contributed by atoms with E-state index in [-0.39, 0.29) is 12.2 Å². The maximum atomic E-state index is 10.9. The topological polar surface area (TPSA) is 68.3 Å². The van der Waals surface area contributed by atoms with E-state index in [0.717, 1.165) is 6.92 Å². The average Bonchev–Trinajstić information content (AvgIpc) is 2.03. The van der Waals surface area contributed by atoms with Crippen molar-refractivity contribution >= 4 is 23.1 Å². The van der Waals surface area contributed by atoms with Gasteiger partial charge in [0.2, 0.25) is 11.6 Å². The van der Waals surface area contributed by atoms with Crippen LogP contribution in [-0.2, 0) is 19.2 Å². The number of rotatable bonds is 6. The molecule has 0 N–H and O–H groups in total. The first kappa shape index (κ1) is 11.7. The highest BCUT2D eigenvalue weighted by atomic mass is 16.2. The lowest BCUT2D eigenvalue weighted by molar-refractivity contribution is -0.144. The van der Waals surface area contributed by atoms with Gasteiger partial charge in [0, 0.05) is 13.3 Å². The third-order valence-electron chi connectivity index (χ3n) is 1.46. The molecule has 0 saturated carbocycles. The van der Waals surface area contributed by atoms with E-state index in [2.05, 4.69) is 0 Å². The molecule has 72 valence electrons. The molecule has 0 unspecified atom stereocenters. The molecule has 13 heavy (non-hydrogen) atoms. The van der Waals surface area contributed by atoms with Crippen molar-refractivity contribution in [1.29, 1.82) is 0 Å². The zero-order valence-corrected chi connectivity index (χ0v) is 7.75. The van der Waals surface area contributed by atoms with Crippen LogP contribution in [0.25, 0.3) is 0 Å². The van der Waals surface area contributed by atoms with Crippen molar-refractivity contribution in [3.05, 3.63) is 0 Å². The Kier molecular flexibility index (Phi) is 4.80. The van der Waals surface area contributed by atoms with E-state index in [1.807, 2.05) is 0 Å². The van der Waals surface area contributed by atoms with Gasteiger partial charge in [-0.3, -0.25) is 19.2 Å². The molecule has 0 aromatic rings. The second-order valence-corrected chi connectivity index (χ2v) is 2.77. The molecule has 4 heteroatoms. The molecule has 0 spiro atoms. The summed E-state index contributed by atoms with van der Waals surface area (Å²) in [7, 11) is 0. The number of ketones is 4. The summed E-state index contributed by atoms with van der Waals surface area (Å²) >= 11 is 0. The van der Waals surface area contributed by atoms with Crippen LogP contribution in [0, 0.1) is 0 Å². The molecule has 0 saturated heterocycles. The van der Waals surface area contributed by atoms with Crippen molar-refractivity contribution < 1.29 is 19.2 Å². The molecule has 0 aliphatic heterocycles. The van der Waals surface area contributed by atoms with E-state index in [4.69, 9.17) is 0 Å². The smallest absolute Gasteiger partial charge is 0.264 e. The standard InChI is InChI=1S/C9H12O4/c1-3-4-7(11)5-8(12)9(13)6(2)10/h3-5H2,1-2H3. The third-order valence-corrected chi connectivity index (χ3v) is 1.46. The zero-order chi connectivity index (χ0) is 10.4. The Balaban J connectivity index is 4.08. The molecule has 0 fully saturated rings. The molecule has 0 aromatic heterocycles. The highest BCUT2D eigenvalue weighted by molar-refractivity contribution is 6.64. The van der Waals surface area contributed by atoms with Crippen LogP contribution in [0.1, 0.15) is 33.1 Å². The minimum Gasteiger partial charge on any atom is -0.299 e. The monoisotopic (exact) mass is 184 g/mol. The Hall–Kier alpha value is -1.32. The highest BCUT2D eigenvalue weighted by Gasteiger charge is 2.20. The summed E-state index contributed by atoms with van der Waals surface area (Å²) in [5.74, 6) is -3.08. The van der Waals surface area contributed by atoms with E-state index in [1.54, 1.807) is 6.92 Å². The Labute approximate surface area is 76.3 Å². The van der Waals surface area contributed by atoms with Crippen molar-refractivity contribution in [2.24, 2.45) is 0 Å². The molecule has 0 rings (SSSR count). The summed E-state index contributed by atoms with van der Waals surface area (Å²) in [6, 6.07) is 0. The van der Waals surface area contributed by atoms with Crippen LogP contribution in [-0.4, -0.2) is 23.1 Å². The highest BCUT2D eigenvalue weighted by Crippen LogP contribution is 1.96. The van der Waals surface area contributed by atoms with E-state index in [0.29, 0.717) is 6.42 Å². The molecule has 0 radical (unpaired) electrons. The van der Waals surface area contributed by atoms with Gasteiger partial charge in [0.25, 0.3) is 5.78 Å². The predicted octanol–water partition coefficient (Wildman–Crippen LogP) is 0.473. The number of hydrogen-bond acceptors (Lipinski definition) is 4. The van der Waals surface area contributed by atoms with Gasteiger partial charge in [-0.15, -0.1) is 0 Å². The Morgan fingerprint density at radius 3 is 2.00 bits per heavy atom. The fourth-order valence-corrected chi connectivity index (χ4v) is 0.823. The van der Waals surface area contributed by atoms with Gasteiger partial charge in [0.15, 0.2) is 0 Å². The molecular weight excluding hydrogens is 172 g/mol. The van der Waals surface area contributed by atoms with E-state index < -0.39 is 23.8 Å². The molecular formula is C9H12O4. The summed E-state index contributed by atoms with van der Waals surface area (Å²) < 4.78 is 0. The zero-order valence-electron chi connectivity index (χ0n) is 7.75. The van der Waals surface area contributed by atoms with Crippen LogP contribution >= 0.6 is 0 Å². The molecule has 0 aliphatic carbocycles. The van der Waals surface area contributed by atoms with Crippen molar-refractivity contribution in [2.75, 3.05) is 0 Å². The van der Waals surface area contributed by atoms with Gasteiger partial charge in [-0.25, -0.2) is 0 Å². The second-order valence-electron chi connectivity index (χ2n) is 2.77. The fraction of sp³-hybridized carbons (Fsp3) is 0.556. The van der Waals surface area contributed by atoms with Crippen LogP contribution in [0.3, 0.4) is 0 Å². The fourth-order valence-electron chi connectivity index (χ4n) is 0.823. The van der Waals surface area contributed by atoms with Gasteiger partial charge in [0.1, 0.15) is 5.78 Å². The van der Waals surface area contributed by atoms with Crippen LogP contribution in [0.2, 0.25) is 0 Å². The van der Waals surface area contributed by atoms with Gasteiger partial charge in [-0.1, -0.05) is 6.92 Å². The first-order valence-electron chi connectivity index (χ1n) is 4.08. The second kappa shape index (κ2) is 5.35. The van der Waals surface area contributed by atoms with Crippen LogP contribution in [0.15, 0.2) is 0 Å². The van der Waals surface area contributed by atoms with E-state index >= 15 is 0 Å². The molecule has 0 aliphatic rings. The summed E-state index contributed by atoms with van der Waals surface area (Å²) in [6.45, 7) is 2.82. The summed E-state index contributed by atoms with van der Waals surface area (Å²) in [4.78, 5) is 42.9. The SMILES string of the molecule is CCCC(=O)CC(=O)C(=O)C(C)=O. The summed E-state index contributed by atoms with van der Waals surface area (Å²) in [5.41, 5.74) is 0. The largest absolute Gasteiger partial charge is 0.299 e.